The number of carbonyl (C=O) groups is 1. The molecule has 0 heterocycles. The van der Waals surface area contributed by atoms with Gasteiger partial charge in [-0.25, -0.2) is 0 Å². The molecule has 4 nitrogen and oxygen atoms in total. The summed E-state index contributed by atoms with van der Waals surface area (Å²) in [6.07, 6.45) is 3.22. The Morgan fingerprint density at radius 2 is 1.91 bits per heavy atom. The summed E-state index contributed by atoms with van der Waals surface area (Å²) in [5.74, 6) is -0.357. The lowest BCUT2D eigenvalue weighted by atomic mass is 9.75. The van der Waals surface area contributed by atoms with Gasteiger partial charge in [-0.15, -0.1) is 0 Å². The predicted molar refractivity (Wildman–Crippen MR) is 85.5 cm³/mol. The second kappa shape index (κ2) is 6.26. The third kappa shape index (κ3) is 2.86. The van der Waals surface area contributed by atoms with E-state index in [9.17, 15) is 14.9 Å². The van der Waals surface area contributed by atoms with Crippen molar-refractivity contribution in [2.24, 2.45) is 5.92 Å². The van der Waals surface area contributed by atoms with Crippen LogP contribution in [0.1, 0.15) is 37.2 Å². The Kier molecular flexibility index (Phi) is 4.18. The quantitative estimate of drug-likeness (QED) is 0.634. The van der Waals surface area contributed by atoms with E-state index in [0.717, 1.165) is 35.6 Å². The molecular weight excluding hydrogens is 278 g/mol. The standard InChI is InChI=1S/C18H19NO3/c20-18-11-4-3-9-16(18)17(12-19(21)22)15-10-5-7-13-6-1-2-8-14(13)15/h1-2,5-8,10,16-17H,3-4,9,11-12H2/t16-,17-/m0/s1. The highest BCUT2D eigenvalue weighted by molar-refractivity contribution is 5.88. The minimum atomic E-state index is -0.325. The SMILES string of the molecule is O=C1CCCC[C@H]1[C@@H](C[N+](=O)[O-])c1cccc2ccccc12. The van der Waals surface area contributed by atoms with Crippen molar-refractivity contribution in [3.8, 4) is 0 Å². The molecule has 1 aliphatic rings. The van der Waals surface area contributed by atoms with Crippen molar-refractivity contribution >= 4 is 16.6 Å². The minimum absolute atomic E-state index is 0.176. The molecule has 0 saturated heterocycles. The molecule has 1 saturated carbocycles. The van der Waals surface area contributed by atoms with Crippen LogP contribution in [0.15, 0.2) is 42.5 Å². The molecule has 2 aromatic carbocycles. The van der Waals surface area contributed by atoms with Crippen molar-refractivity contribution < 1.29 is 9.72 Å². The van der Waals surface area contributed by atoms with Gasteiger partial charge in [0.05, 0.1) is 5.92 Å². The minimum Gasteiger partial charge on any atom is -0.299 e. The van der Waals surface area contributed by atoms with E-state index in [-0.39, 0.29) is 29.1 Å². The van der Waals surface area contributed by atoms with Crippen LogP contribution in [0, 0.1) is 16.0 Å². The third-order valence-electron chi connectivity index (χ3n) is 4.66. The first-order valence-electron chi connectivity index (χ1n) is 7.79. The molecule has 0 amide bonds. The molecule has 0 aliphatic heterocycles. The zero-order valence-corrected chi connectivity index (χ0v) is 12.4. The topological polar surface area (TPSA) is 60.2 Å². The molecule has 0 radical (unpaired) electrons. The maximum atomic E-state index is 12.3. The molecular formula is C18H19NO3. The summed E-state index contributed by atoms with van der Waals surface area (Å²) in [5, 5.41) is 13.3. The van der Waals surface area contributed by atoms with E-state index >= 15 is 0 Å². The van der Waals surface area contributed by atoms with Gasteiger partial charge in [0.25, 0.3) is 0 Å². The number of hydrogen-bond donors (Lipinski definition) is 0. The largest absolute Gasteiger partial charge is 0.299 e. The molecule has 0 spiro atoms. The van der Waals surface area contributed by atoms with Crippen LogP contribution in [-0.2, 0) is 4.79 Å². The van der Waals surface area contributed by atoms with Crippen molar-refractivity contribution in [1.82, 2.24) is 0 Å². The number of Topliss-reactive ketones (excluding diaryl/α,β-unsaturated/α-hetero) is 1. The van der Waals surface area contributed by atoms with E-state index in [1.807, 2.05) is 42.5 Å². The smallest absolute Gasteiger partial charge is 0.211 e. The normalized spacial score (nSPS) is 20.0. The van der Waals surface area contributed by atoms with E-state index in [4.69, 9.17) is 0 Å². The third-order valence-corrected chi connectivity index (χ3v) is 4.66. The average Bonchev–Trinajstić information content (AvgIpc) is 2.53. The van der Waals surface area contributed by atoms with Gasteiger partial charge in [0.2, 0.25) is 6.54 Å². The number of ketones is 1. The van der Waals surface area contributed by atoms with Crippen LogP contribution in [0.3, 0.4) is 0 Å². The van der Waals surface area contributed by atoms with E-state index in [2.05, 4.69) is 0 Å². The van der Waals surface area contributed by atoms with Crippen molar-refractivity contribution in [2.75, 3.05) is 6.54 Å². The summed E-state index contributed by atoms with van der Waals surface area (Å²) < 4.78 is 0. The Morgan fingerprint density at radius 1 is 1.14 bits per heavy atom. The summed E-state index contributed by atoms with van der Waals surface area (Å²) in [6, 6.07) is 13.8. The Morgan fingerprint density at radius 3 is 2.68 bits per heavy atom. The van der Waals surface area contributed by atoms with Gasteiger partial charge in [-0.1, -0.05) is 48.9 Å². The summed E-state index contributed by atoms with van der Waals surface area (Å²) in [7, 11) is 0. The lowest BCUT2D eigenvalue weighted by molar-refractivity contribution is -0.484. The van der Waals surface area contributed by atoms with Crippen LogP contribution < -0.4 is 0 Å². The number of rotatable bonds is 4. The lowest BCUT2D eigenvalue weighted by Gasteiger charge is -2.27. The Labute approximate surface area is 129 Å². The Hall–Kier alpha value is -2.23. The molecule has 1 fully saturated rings. The summed E-state index contributed by atoms with van der Waals surface area (Å²) in [4.78, 5) is 23.2. The van der Waals surface area contributed by atoms with Crippen molar-refractivity contribution in [2.45, 2.75) is 31.6 Å². The first-order valence-corrected chi connectivity index (χ1v) is 7.79. The number of nitro groups is 1. The van der Waals surface area contributed by atoms with Gasteiger partial charge < -0.3 is 0 Å². The van der Waals surface area contributed by atoms with E-state index < -0.39 is 0 Å². The molecule has 3 rings (SSSR count). The molecule has 4 heteroatoms. The van der Waals surface area contributed by atoms with Crippen molar-refractivity contribution in [3.63, 3.8) is 0 Å². The fourth-order valence-corrected chi connectivity index (χ4v) is 3.61. The van der Waals surface area contributed by atoms with Crippen LogP contribution >= 0.6 is 0 Å². The molecule has 0 N–H and O–H groups in total. The first-order chi connectivity index (χ1) is 10.7. The number of benzene rings is 2. The average molecular weight is 297 g/mol. The highest BCUT2D eigenvalue weighted by Crippen LogP contribution is 2.37. The van der Waals surface area contributed by atoms with E-state index in [1.54, 1.807) is 0 Å². The molecule has 2 aromatic rings. The summed E-state index contributed by atoms with van der Waals surface area (Å²) in [5.41, 5.74) is 0.940. The van der Waals surface area contributed by atoms with Crippen LogP contribution in [0.5, 0.6) is 0 Å². The van der Waals surface area contributed by atoms with E-state index in [1.165, 1.54) is 0 Å². The molecule has 1 aliphatic carbocycles. The van der Waals surface area contributed by atoms with Gasteiger partial charge in [0, 0.05) is 17.3 Å². The van der Waals surface area contributed by atoms with Gasteiger partial charge in [0.15, 0.2) is 0 Å². The monoisotopic (exact) mass is 297 g/mol. The second-order valence-electron chi connectivity index (χ2n) is 6.01. The molecule has 114 valence electrons. The molecule has 0 bridgehead atoms. The number of carbonyl (C=O) groups excluding carboxylic acids is 1. The van der Waals surface area contributed by atoms with Crippen LogP contribution in [0.2, 0.25) is 0 Å². The van der Waals surface area contributed by atoms with Gasteiger partial charge in [0.1, 0.15) is 5.78 Å². The second-order valence-corrected chi connectivity index (χ2v) is 6.01. The van der Waals surface area contributed by atoms with Crippen molar-refractivity contribution in [1.29, 1.82) is 0 Å². The fourth-order valence-electron chi connectivity index (χ4n) is 3.61. The Balaban J connectivity index is 2.07. The highest BCUT2D eigenvalue weighted by Gasteiger charge is 2.35. The fraction of sp³-hybridized carbons (Fsp3) is 0.389. The van der Waals surface area contributed by atoms with Gasteiger partial charge in [-0.05, 0) is 29.2 Å². The first kappa shape index (κ1) is 14.7. The number of nitrogens with zero attached hydrogens (tertiary/aromatic N) is 1. The Bertz CT molecular complexity index is 705. The van der Waals surface area contributed by atoms with Crippen LogP contribution in [-0.4, -0.2) is 17.3 Å². The predicted octanol–water partition coefficient (Wildman–Crippen LogP) is 3.96. The summed E-state index contributed by atoms with van der Waals surface area (Å²) in [6.45, 7) is -0.176. The van der Waals surface area contributed by atoms with Crippen LogP contribution in [0.4, 0.5) is 0 Å². The number of fused-ring (bicyclic) bond motifs is 1. The molecule has 2 atom stereocenters. The maximum Gasteiger partial charge on any atom is 0.211 e. The highest BCUT2D eigenvalue weighted by atomic mass is 16.6. The van der Waals surface area contributed by atoms with Gasteiger partial charge >= 0.3 is 0 Å². The summed E-state index contributed by atoms with van der Waals surface area (Å²) >= 11 is 0. The maximum absolute atomic E-state index is 12.3. The van der Waals surface area contributed by atoms with Crippen molar-refractivity contribution in [3.05, 3.63) is 58.1 Å². The molecule has 0 aromatic heterocycles. The van der Waals surface area contributed by atoms with E-state index in [0.29, 0.717) is 6.42 Å². The number of hydrogen-bond acceptors (Lipinski definition) is 3. The van der Waals surface area contributed by atoms with Gasteiger partial charge in [-0.2, -0.15) is 0 Å². The molecule has 0 unspecified atom stereocenters. The zero-order chi connectivity index (χ0) is 15.5. The lowest BCUT2D eigenvalue weighted by Crippen LogP contribution is -2.30. The van der Waals surface area contributed by atoms with Gasteiger partial charge in [-0.3, -0.25) is 14.9 Å². The zero-order valence-electron chi connectivity index (χ0n) is 12.4. The van der Waals surface area contributed by atoms with Crippen LogP contribution in [0.25, 0.3) is 10.8 Å². The molecule has 22 heavy (non-hydrogen) atoms.